The molecule has 5 nitrogen and oxygen atoms in total. The molecule has 3 atom stereocenters. The lowest BCUT2D eigenvalue weighted by Gasteiger charge is -2.33. The molecule has 90 valence electrons. The molecule has 16 heavy (non-hydrogen) atoms. The van der Waals surface area contributed by atoms with Crippen molar-refractivity contribution in [2.24, 2.45) is 5.92 Å². The van der Waals surface area contributed by atoms with Crippen molar-refractivity contribution >= 4 is 0 Å². The van der Waals surface area contributed by atoms with Crippen LogP contribution < -0.4 is 5.32 Å². The molecule has 0 radical (unpaired) electrons. The van der Waals surface area contributed by atoms with Gasteiger partial charge >= 0.3 is 0 Å². The third-order valence-corrected chi connectivity index (χ3v) is 3.65. The van der Waals surface area contributed by atoms with Crippen LogP contribution in [0.2, 0.25) is 0 Å². The second-order valence-electron chi connectivity index (χ2n) is 4.72. The van der Waals surface area contributed by atoms with Gasteiger partial charge in [-0.2, -0.15) is 5.21 Å². The van der Waals surface area contributed by atoms with Crippen molar-refractivity contribution in [3.8, 4) is 0 Å². The minimum atomic E-state index is 0.191. The molecule has 2 rings (SSSR count). The van der Waals surface area contributed by atoms with Crippen molar-refractivity contribution in [1.29, 1.82) is 0 Å². The van der Waals surface area contributed by atoms with Gasteiger partial charge in [-0.25, -0.2) is 0 Å². The lowest BCUT2D eigenvalue weighted by atomic mass is 9.82. The summed E-state index contributed by atoms with van der Waals surface area (Å²) in [6.45, 7) is 4.38. The maximum absolute atomic E-state index is 4.02. The quantitative estimate of drug-likeness (QED) is 0.817. The molecule has 1 aromatic rings. The van der Waals surface area contributed by atoms with Crippen molar-refractivity contribution in [3.05, 3.63) is 5.82 Å². The predicted molar refractivity (Wildman–Crippen MR) is 61.8 cm³/mol. The van der Waals surface area contributed by atoms with E-state index >= 15 is 0 Å². The minimum absolute atomic E-state index is 0.191. The molecule has 0 amide bonds. The summed E-state index contributed by atoms with van der Waals surface area (Å²) < 4.78 is 0. The molecular formula is C11H21N5. The van der Waals surface area contributed by atoms with E-state index in [4.69, 9.17) is 0 Å². The number of hydrogen-bond donors (Lipinski definition) is 2. The van der Waals surface area contributed by atoms with E-state index in [0.717, 1.165) is 11.7 Å². The van der Waals surface area contributed by atoms with Crippen molar-refractivity contribution in [2.45, 2.75) is 58.0 Å². The normalized spacial score (nSPS) is 27.9. The van der Waals surface area contributed by atoms with Gasteiger partial charge in [0.2, 0.25) is 0 Å². The van der Waals surface area contributed by atoms with Crippen LogP contribution in [0.25, 0.3) is 0 Å². The zero-order chi connectivity index (χ0) is 11.4. The summed E-state index contributed by atoms with van der Waals surface area (Å²) in [6, 6.07) is 0.808. The molecular weight excluding hydrogens is 202 g/mol. The molecule has 3 unspecified atom stereocenters. The highest BCUT2D eigenvalue weighted by Crippen LogP contribution is 2.28. The topological polar surface area (TPSA) is 66.5 Å². The second-order valence-corrected chi connectivity index (χ2v) is 4.72. The Kier molecular flexibility index (Phi) is 3.88. The summed E-state index contributed by atoms with van der Waals surface area (Å²) in [6.07, 6.45) is 6.62. The van der Waals surface area contributed by atoms with E-state index < -0.39 is 0 Å². The molecule has 0 spiro atoms. The van der Waals surface area contributed by atoms with Gasteiger partial charge in [0, 0.05) is 6.04 Å². The Bertz CT molecular complexity index is 297. The summed E-state index contributed by atoms with van der Waals surface area (Å²) in [4.78, 5) is 0. The summed E-state index contributed by atoms with van der Waals surface area (Å²) >= 11 is 0. The first-order chi connectivity index (χ1) is 7.81. The van der Waals surface area contributed by atoms with Crippen molar-refractivity contribution in [1.82, 2.24) is 25.9 Å². The van der Waals surface area contributed by atoms with Crippen LogP contribution in [0.1, 0.15) is 57.8 Å². The largest absolute Gasteiger partial charge is 0.304 e. The molecule has 0 saturated heterocycles. The van der Waals surface area contributed by atoms with Crippen molar-refractivity contribution in [2.75, 3.05) is 0 Å². The Hall–Kier alpha value is -0.970. The Labute approximate surface area is 96.4 Å². The summed E-state index contributed by atoms with van der Waals surface area (Å²) in [5.41, 5.74) is 0. The molecule has 1 aliphatic carbocycles. The zero-order valence-corrected chi connectivity index (χ0v) is 10.1. The van der Waals surface area contributed by atoms with Crippen LogP contribution in [0.15, 0.2) is 0 Å². The molecule has 1 aromatic heterocycles. The third-order valence-electron chi connectivity index (χ3n) is 3.65. The van der Waals surface area contributed by atoms with Crippen LogP contribution in [0.5, 0.6) is 0 Å². The van der Waals surface area contributed by atoms with E-state index in [9.17, 15) is 0 Å². The molecule has 1 fully saturated rings. The second kappa shape index (κ2) is 5.39. The van der Waals surface area contributed by atoms with E-state index in [1.807, 2.05) is 0 Å². The lowest BCUT2D eigenvalue weighted by Crippen LogP contribution is -2.40. The van der Waals surface area contributed by atoms with Gasteiger partial charge in [-0.05, 0) is 25.7 Å². The lowest BCUT2D eigenvalue weighted by molar-refractivity contribution is 0.238. The molecule has 5 heteroatoms. The molecule has 1 heterocycles. The highest BCUT2D eigenvalue weighted by atomic mass is 15.5. The fraction of sp³-hybridized carbons (Fsp3) is 0.909. The third kappa shape index (κ3) is 2.58. The Morgan fingerprint density at radius 1 is 1.44 bits per heavy atom. The van der Waals surface area contributed by atoms with Crippen molar-refractivity contribution < 1.29 is 0 Å². The SMILES string of the molecule is CCC1CCCCC1NC(C)c1nn[nH]n1. The van der Waals surface area contributed by atoms with Crippen LogP contribution in [0.4, 0.5) is 0 Å². The van der Waals surface area contributed by atoms with Gasteiger partial charge in [-0.3, -0.25) is 0 Å². The fourth-order valence-corrected chi connectivity index (χ4v) is 2.66. The zero-order valence-electron chi connectivity index (χ0n) is 10.1. The highest BCUT2D eigenvalue weighted by Gasteiger charge is 2.25. The number of tetrazole rings is 1. The highest BCUT2D eigenvalue weighted by molar-refractivity contribution is 4.90. The number of hydrogen-bond acceptors (Lipinski definition) is 4. The Balaban J connectivity index is 1.92. The molecule has 2 N–H and O–H groups in total. The van der Waals surface area contributed by atoms with Crippen molar-refractivity contribution in [3.63, 3.8) is 0 Å². The number of aromatic nitrogens is 4. The first-order valence-electron chi connectivity index (χ1n) is 6.30. The molecule has 1 saturated carbocycles. The van der Waals surface area contributed by atoms with E-state index in [-0.39, 0.29) is 6.04 Å². The number of rotatable bonds is 4. The maximum atomic E-state index is 4.02. The smallest absolute Gasteiger partial charge is 0.191 e. The van der Waals surface area contributed by atoms with E-state index in [1.165, 1.54) is 32.1 Å². The van der Waals surface area contributed by atoms with Gasteiger partial charge in [0.25, 0.3) is 0 Å². The summed E-state index contributed by atoms with van der Waals surface area (Å²) in [5, 5.41) is 17.8. The average Bonchev–Trinajstić information content (AvgIpc) is 2.83. The number of nitrogens with zero attached hydrogens (tertiary/aromatic N) is 3. The standard InChI is InChI=1S/C11H21N5/c1-3-9-6-4-5-7-10(9)12-8(2)11-13-15-16-14-11/h8-10,12H,3-7H2,1-2H3,(H,13,14,15,16). The predicted octanol–water partition coefficient (Wildman–Crippen LogP) is 1.82. The van der Waals surface area contributed by atoms with Gasteiger partial charge in [-0.15, -0.1) is 10.2 Å². The number of H-pyrrole nitrogens is 1. The molecule has 0 aromatic carbocycles. The van der Waals surface area contributed by atoms with E-state index in [1.54, 1.807) is 0 Å². The number of nitrogens with one attached hydrogen (secondary N) is 2. The van der Waals surface area contributed by atoms with Gasteiger partial charge in [-0.1, -0.05) is 31.4 Å². The first kappa shape index (κ1) is 11.5. The van der Waals surface area contributed by atoms with Gasteiger partial charge in [0.15, 0.2) is 5.82 Å². The molecule has 0 aliphatic heterocycles. The molecule has 0 bridgehead atoms. The van der Waals surface area contributed by atoms with E-state index in [2.05, 4.69) is 39.8 Å². The average molecular weight is 223 g/mol. The van der Waals surface area contributed by atoms with Crippen LogP contribution in [0, 0.1) is 5.92 Å². The van der Waals surface area contributed by atoms with Gasteiger partial charge in [0.05, 0.1) is 6.04 Å². The van der Waals surface area contributed by atoms with E-state index in [0.29, 0.717) is 6.04 Å². The van der Waals surface area contributed by atoms with Crippen LogP contribution in [-0.4, -0.2) is 26.7 Å². The Morgan fingerprint density at radius 3 is 2.94 bits per heavy atom. The summed E-state index contributed by atoms with van der Waals surface area (Å²) in [7, 11) is 0. The minimum Gasteiger partial charge on any atom is -0.304 e. The monoisotopic (exact) mass is 223 g/mol. The maximum Gasteiger partial charge on any atom is 0.191 e. The van der Waals surface area contributed by atoms with Crippen LogP contribution >= 0.6 is 0 Å². The van der Waals surface area contributed by atoms with Gasteiger partial charge in [0.1, 0.15) is 0 Å². The van der Waals surface area contributed by atoms with Gasteiger partial charge < -0.3 is 5.32 Å². The Morgan fingerprint density at radius 2 is 2.25 bits per heavy atom. The summed E-state index contributed by atoms with van der Waals surface area (Å²) in [5.74, 6) is 1.57. The van der Waals surface area contributed by atoms with Crippen LogP contribution in [-0.2, 0) is 0 Å². The van der Waals surface area contributed by atoms with Crippen LogP contribution in [0.3, 0.4) is 0 Å². The molecule has 1 aliphatic rings. The number of aromatic amines is 1. The first-order valence-corrected chi connectivity index (χ1v) is 6.30. The fourth-order valence-electron chi connectivity index (χ4n) is 2.66.